The van der Waals surface area contributed by atoms with Gasteiger partial charge in [-0.25, -0.2) is 9.97 Å². The number of aromatic nitrogens is 2. The van der Waals surface area contributed by atoms with Gasteiger partial charge in [-0.05, 0) is 44.2 Å². The summed E-state index contributed by atoms with van der Waals surface area (Å²) in [6.07, 6.45) is 5.35. The van der Waals surface area contributed by atoms with E-state index in [0.29, 0.717) is 11.4 Å². The third-order valence-corrected chi connectivity index (χ3v) is 5.46. The molecule has 2 aliphatic rings. The van der Waals surface area contributed by atoms with Crippen LogP contribution in [0.15, 0.2) is 12.4 Å². The Labute approximate surface area is 140 Å². The van der Waals surface area contributed by atoms with Crippen molar-refractivity contribution in [3.05, 3.63) is 23.2 Å². The molecule has 0 radical (unpaired) electrons. The first-order chi connectivity index (χ1) is 11.0. The van der Waals surface area contributed by atoms with E-state index in [0.717, 1.165) is 31.8 Å². The minimum Gasteiger partial charge on any atom is -0.480 e. The third-order valence-electron chi connectivity index (χ3n) is 5.26. The van der Waals surface area contributed by atoms with Crippen LogP contribution in [0.3, 0.4) is 0 Å². The predicted octanol–water partition coefficient (Wildman–Crippen LogP) is 2.52. The van der Waals surface area contributed by atoms with Gasteiger partial charge in [0.25, 0.3) is 0 Å². The van der Waals surface area contributed by atoms with Gasteiger partial charge in [0.15, 0.2) is 5.41 Å². The van der Waals surface area contributed by atoms with E-state index in [1.165, 1.54) is 0 Å². The van der Waals surface area contributed by atoms with E-state index in [1.54, 1.807) is 12.4 Å². The molecule has 23 heavy (non-hydrogen) atoms. The fraction of sp³-hybridized carbons (Fsp3) is 0.625. The molecule has 1 aromatic rings. The van der Waals surface area contributed by atoms with Crippen LogP contribution in [0.1, 0.15) is 38.1 Å². The first-order valence-electron chi connectivity index (χ1n) is 7.88. The Bertz CT molecular complexity index is 644. The zero-order valence-electron chi connectivity index (χ0n) is 12.9. The summed E-state index contributed by atoms with van der Waals surface area (Å²) in [5, 5.41) is 19.1. The number of rotatable bonds is 4. The van der Waals surface area contributed by atoms with Gasteiger partial charge in [0.1, 0.15) is 5.82 Å². The highest BCUT2D eigenvalue weighted by atomic mass is 35.5. The molecule has 0 aromatic carbocycles. The summed E-state index contributed by atoms with van der Waals surface area (Å²) in [6.45, 7) is 3.85. The van der Waals surface area contributed by atoms with Gasteiger partial charge in [0.05, 0.1) is 17.1 Å². The van der Waals surface area contributed by atoms with E-state index in [2.05, 4.69) is 21.8 Å². The van der Waals surface area contributed by atoms with Crippen LogP contribution in [0.2, 0.25) is 5.02 Å². The zero-order chi connectivity index (χ0) is 16.6. The van der Waals surface area contributed by atoms with Crippen LogP contribution in [0.25, 0.3) is 0 Å². The monoisotopic (exact) mass is 334 g/mol. The lowest BCUT2D eigenvalue weighted by Crippen LogP contribution is -2.39. The minimum atomic E-state index is -1.18. The standard InChI is InChI=1S/C16H19ClN4O2/c1-2-21-4-3-10(12-6-16(12,9-18)15(22)23)5-13(21)14-19-7-11(17)8-20-14/h7-8,10,12-13H,2-6H2,1H3,(H,22,23). The van der Waals surface area contributed by atoms with E-state index in [1.807, 2.05) is 6.07 Å². The van der Waals surface area contributed by atoms with E-state index in [-0.39, 0.29) is 17.9 Å². The highest BCUT2D eigenvalue weighted by molar-refractivity contribution is 6.30. The number of nitriles is 1. The van der Waals surface area contributed by atoms with Crippen LogP contribution < -0.4 is 0 Å². The van der Waals surface area contributed by atoms with Crippen molar-refractivity contribution in [2.24, 2.45) is 17.3 Å². The summed E-state index contributed by atoms with van der Waals surface area (Å²) in [4.78, 5) is 22.4. The fourth-order valence-corrected chi connectivity index (χ4v) is 3.93. The summed E-state index contributed by atoms with van der Waals surface area (Å²) in [6, 6.07) is 2.08. The molecule has 3 rings (SSSR count). The SMILES string of the molecule is CCN1CCC(C2CC2(C#N)C(=O)O)CC1c1ncc(Cl)cn1. The largest absolute Gasteiger partial charge is 0.480 e. The Balaban J connectivity index is 1.79. The molecule has 1 aromatic heterocycles. The molecular weight excluding hydrogens is 316 g/mol. The number of carbonyl (C=O) groups is 1. The summed E-state index contributed by atoms with van der Waals surface area (Å²) in [7, 11) is 0. The number of hydrogen-bond donors (Lipinski definition) is 1. The van der Waals surface area contributed by atoms with Gasteiger partial charge in [-0.2, -0.15) is 5.26 Å². The van der Waals surface area contributed by atoms with Gasteiger partial charge in [0, 0.05) is 12.4 Å². The van der Waals surface area contributed by atoms with Crippen LogP contribution in [-0.4, -0.2) is 39.0 Å². The smallest absolute Gasteiger partial charge is 0.324 e. The molecule has 6 nitrogen and oxygen atoms in total. The summed E-state index contributed by atoms with van der Waals surface area (Å²) < 4.78 is 0. The second-order valence-electron chi connectivity index (χ2n) is 6.39. The van der Waals surface area contributed by atoms with Crippen LogP contribution in [0.4, 0.5) is 0 Å². The van der Waals surface area contributed by atoms with Gasteiger partial charge >= 0.3 is 5.97 Å². The number of carboxylic acid groups (broad SMARTS) is 1. The Morgan fingerprint density at radius 1 is 1.57 bits per heavy atom. The molecule has 1 N–H and O–H groups in total. The normalized spacial score (nSPS) is 33.9. The quantitative estimate of drug-likeness (QED) is 0.909. The van der Waals surface area contributed by atoms with Gasteiger partial charge < -0.3 is 5.11 Å². The van der Waals surface area contributed by atoms with Crippen LogP contribution in [0, 0.1) is 28.6 Å². The molecule has 2 fully saturated rings. The Morgan fingerprint density at radius 2 is 2.26 bits per heavy atom. The van der Waals surface area contributed by atoms with Crippen molar-refractivity contribution in [3.63, 3.8) is 0 Å². The Kier molecular flexibility index (Phi) is 4.26. The Hall–Kier alpha value is -1.71. The van der Waals surface area contributed by atoms with E-state index < -0.39 is 11.4 Å². The molecule has 0 spiro atoms. The number of likely N-dealkylation sites (tertiary alicyclic amines) is 1. The average molecular weight is 335 g/mol. The lowest BCUT2D eigenvalue weighted by molar-refractivity contribution is -0.142. The van der Waals surface area contributed by atoms with Crippen molar-refractivity contribution in [1.82, 2.24) is 14.9 Å². The molecule has 122 valence electrons. The lowest BCUT2D eigenvalue weighted by atomic mass is 9.83. The fourth-order valence-electron chi connectivity index (χ4n) is 3.83. The number of halogens is 1. The van der Waals surface area contributed by atoms with Crippen LogP contribution in [-0.2, 0) is 4.79 Å². The van der Waals surface area contributed by atoms with Crippen LogP contribution >= 0.6 is 11.6 Å². The van der Waals surface area contributed by atoms with Crippen molar-refractivity contribution in [2.45, 2.75) is 32.2 Å². The molecule has 1 saturated carbocycles. The molecule has 1 aliphatic carbocycles. The highest BCUT2D eigenvalue weighted by Crippen LogP contribution is 2.59. The van der Waals surface area contributed by atoms with E-state index >= 15 is 0 Å². The molecule has 1 saturated heterocycles. The third kappa shape index (κ3) is 2.79. The summed E-state index contributed by atoms with van der Waals surface area (Å²) in [5.74, 6) is -0.0988. The molecule has 4 unspecified atom stereocenters. The first-order valence-corrected chi connectivity index (χ1v) is 8.25. The van der Waals surface area contributed by atoms with Gasteiger partial charge in [-0.1, -0.05) is 18.5 Å². The predicted molar refractivity (Wildman–Crippen MR) is 83.5 cm³/mol. The number of carboxylic acids is 1. The van der Waals surface area contributed by atoms with Gasteiger partial charge in [0.2, 0.25) is 0 Å². The maximum atomic E-state index is 11.4. The lowest BCUT2D eigenvalue weighted by Gasteiger charge is -2.38. The van der Waals surface area contributed by atoms with E-state index in [4.69, 9.17) is 11.6 Å². The molecular formula is C16H19ClN4O2. The number of hydrogen-bond acceptors (Lipinski definition) is 5. The zero-order valence-corrected chi connectivity index (χ0v) is 13.7. The summed E-state index contributed by atoms with van der Waals surface area (Å²) >= 11 is 5.86. The second kappa shape index (κ2) is 6.06. The molecule has 0 amide bonds. The molecule has 0 bridgehead atoms. The second-order valence-corrected chi connectivity index (χ2v) is 6.82. The van der Waals surface area contributed by atoms with Crippen molar-refractivity contribution < 1.29 is 9.90 Å². The molecule has 4 atom stereocenters. The van der Waals surface area contributed by atoms with Crippen molar-refractivity contribution in [1.29, 1.82) is 5.26 Å². The maximum Gasteiger partial charge on any atom is 0.324 e. The summed E-state index contributed by atoms with van der Waals surface area (Å²) in [5.41, 5.74) is -1.18. The minimum absolute atomic E-state index is 0.0567. The average Bonchev–Trinajstić information content (AvgIpc) is 3.31. The molecule has 7 heteroatoms. The highest BCUT2D eigenvalue weighted by Gasteiger charge is 2.64. The van der Waals surface area contributed by atoms with Crippen molar-refractivity contribution in [3.8, 4) is 6.07 Å². The topological polar surface area (TPSA) is 90.1 Å². The Morgan fingerprint density at radius 3 is 2.78 bits per heavy atom. The number of aliphatic carboxylic acids is 1. The van der Waals surface area contributed by atoms with Crippen molar-refractivity contribution >= 4 is 17.6 Å². The van der Waals surface area contributed by atoms with Gasteiger partial charge in [-0.15, -0.1) is 0 Å². The first kappa shape index (κ1) is 16.2. The van der Waals surface area contributed by atoms with Crippen molar-refractivity contribution in [2.75, 3.05) is 13.1 Å². The van der Waals surface area contributed by atoms with Crippen LogP contribution in [0.5, 0.6) is 0 Å². The molecule has 2 heterocycles. The maximum absolute atomic E-state index is 11.4. The van der Waals surface area contributed by atoms with Gasteiger partial charge in [-0.3, -0.25) is 9.69 Å². The number of piperidine rings is 1. The van der Waals surface area contributed by atoms with E-state index in [9.17, 15) is 15.2 Å². The molecule has 1 aliphatic heterocycles. The number of nitrogens with zero attached hydrogens (tertiary/aromatic N) is 4.